The first-order chi connectivity index (χ1) is 12.0. The fraction of sp³-hybridized carbons (Fsp3) is 0.125. The molecule has 0 bridgehead atoms. The van der Waals surface area contributed by atoms with Crippen molar-refractivity contribution in [2.75, 3.05) is 0 Å². The molecule has 0 unspecified atom stereocenters. The molecule has 25 heavy (non-hydrogen) atoms. The van der Waals surface area contributed by atoms with Gasteiger partial charge in [-0.15, -0.1) is 11.3 Å². The highest BCUT2D eigenvalue weighted by molar-refractivity contribution is 7.20. The van der Waals surface area contributed by atoms with Crippen molar-refractivity contribution in [2.24, 2.45) is 0 Å². The average molecular weight is 375 g/mol. The maximum absolute atomic E-state index is 13.2. The molecule has 3 aromatic heterocycles. The van der Waals surface area contributed by atoms with E-state index in [1.165, 1.54) is 45.4 Å². The second-order valence-electron chi connectivity index (χ2n) is 5.29. The summed E-state index contributed by atoms with van der Waals surface area (Å²) in [4.78, 5) is 29.1. The van der Waals surface area contributed by atoms with Crippen molar-refractivity contribution in [1.29, 1.82) is 0 Å². The van der Waals surface area contributed by atoms with Gasteiger partial charge in [-0.3, -0.25) is 4.79 Å². The summed E-state index contributed by atoms with van der Waals surface area (Å²) in [6.07, 6.45) is 0. The van der Waals surface area contributed by atoms with E-state index in [4.69, 9.17) is 4.74 Å². The van der Waals surface area contributed by atoms with Crippen molar-refractivity contribution in [2.45, 2.75) is 13.5 Å². The van der Waals surface area contributed by atoms with Crippen LogP contribution in [0, 0.1) is 12.7 Å². The number of esters is 1. The van der Waals surface area contributed by atoms with E-state index in [2.05, 4.69) is 10.1 Å². The van der Waals surface area contributed by atoms with Crippen LogP contribution >= 0.6 is 22.7 Å². The topological polar surface area (TPSA) is 73.6 Å². The Kier molecular flexibility index (Phi) is 3.81. The third kappa shape index (κ3) is 3.03. The van der Waals surface area contributed by atoms with E-state index in [-0.39, 0.29) is 18.0 Å². The normalized spacial score (nSPS) is 11.3. The molecule has 3 heterocycles. The lowest BCUT2D eigenvalue weighted by atomic mass is 10.2. The second-order valence-corrected chi connectivity index (χ2v) is 7.42. The summed E-state index contributed by atoms with van der Waals surface area (Å²) >= 11 is 2.42. The van der Waals surface area contributed by atoms with Gasteiger partial charge in [-0.2, -0.15) is 9.61 Å². The van der Waals surface area contributed by atoms with Crippen LogP contribution in [-0.4, -0.2) is 20.6 Å². The summed E-state index contributed by atoms with van der Waals surface area (Å²) in [7, 11) is 0. The number of benzene rings is 1. The molecule has 1 aromatic carbocycles. The Morgan fingerprint density at radius 1 is 1.28 bits per heavy atom. The summed E-state index contributed by atoms with van der Waals surface area (Å²) in [6.45, 7) is 1.67. The van der Waals surface area contributed by atoms with Gasteiger partial charge in [-0.25, -0.2) is 14.2 Å². The lowest BCUT2D eigenvalue weighted by Crippen LogP contribution is -2.14. The molecule has 0 aliphatic rings. The number of thiophene rings is 1. The lowest BCUT2D eigenvalue weighted by molar-refractivity contribution is 0.0477. The molecule has 0 aliphatic carbocycles. The number of aromatic nitrogens is 3. The van der Waals surface area contributed by atoms with E-state index in [9.17, 15) is 14.0 Å². The number of carbonyl (C=O) groups is 1. The van der Waals surface area contributed by atoms with Crippen LogP contribution in [0.1, 0.15) is 20.4 Å². The first-order valence-corrected chi connectivity index (χ1v) is 8.85. The van der Waals surface area contributed by atoms with Crippen LogP contribution in [0.2, 0.25) is 0 Å². The highest BCUT2D eigenvalue weighted by Gasteiger charge is 2.14. The molecule has 0 fully saturated rings. The van der Waals surface area contributed by atoms with Gasteiger partial charge in [0.15, 0.2) is 5.01 Å². The van der Waals surface area contributed by atoms with Crippen molar-refractivity contribution in [3.8, 4) is 0 Å². The largest absolute Gasteiger partial charge is 0.454 e. The maximum Gasteiger partial charge on any atom is 0.348 e. The zero-order chi connectivity index (χ0) is 17.6. The molecule has 0 aliphatic heterocycles. The molecule has 0 atom stereocenters. The van der Waals surface area contributed by atoms with Gasteiger partial charge in [-0.05, 0) is 36.6 Å². The summed E-state index contributed by atoms with van der Waals surface area (Å²) < 4.78 is 20.5. The van der Waals surface area contributed by atoms with Gasteiger partial charge < -0.3 is 4.74 Å². The zero-order valence-electron chi connectivity index (χ0n) is 12.9. The van der Waals surface area contributed by atoms with Gasteiger partial charge in [0.25, 0.3) is 5.56 Å². The number of carbonyl (C=O) groups excluding carboxylic acids is 1. The van der Waals surface area contributed by atoms with E-state index in [1.54, 1.807) is 19.1 Å². The Morgan fingerprint density at radius 2 is 2.12 bits per heavy atom. The van der Waals surface area contributed by atoms with Crippen molar-refractivity contribution in [1.82, 2.24) is 14.6 Å². The van der Waals surface area contributed by atoms with Crippen LogP contribution in [0.5, 0.6) is 0 Å². The van der Waals surface area contributed by atoms with Crippen LogP contribution in [0.3, 0.4) is 0 Å². The number of ether oxygens (including phenoxy) is 1. The van der Waals surface area contributed by atoms with Gasteiger partial charge in [-0.1, -0.05) is 11.3 Å². The minimum atomic E-state index is -0.516. The third-order valence-corrected chi connectivity index (χ3v) is 5.40. The number of aryl methyl sites for hydroxylation is 1. The van der Waals surface area contributed by atoms with Crippen molar-refractivity contribution in [3.63, 3.8) is 0 Å². The van der Waals surface area contributed by atoms with Crippen molar-refractivity contribution >= 4 is 43.7 Å². The molecule has 0 saturated heterocycles. The lowest BCUT2D eigenvalue weighted by Gasteiger charge is -1.98. The van der Waals surface area contributed by atoms with E-state index in [1.807, 2.05) is 0 Å². The summed E-state index contributed by atoms with van der Waals surface area (Å²) in [5.74, 6) is -0.870. The van der Waals surface area contributed by atoms with Gasteiger partial charge in [0.1, 0.15) is 17.3 Å². The average Bonchev–Trinajstić information content (AvgIpc) is 3.15. The molecule has 4 aromatic rings. The zero-order valence-corrected chi connectivity index (χ0v) is 14.5. The van der Waals surface area contributed by atoms with Crippen molar-refractivity contribution < 1.29 is 13.9 Å². The fourth-order valence-corrected chi connectivity index (χ4v) is 4.13. The highest BCUT2D eigenvalue weighted by Crippen LogP contribution is 2.27. The Balaban J connectivity index is 1.54. The molecule has 0 radical (unpaired) electrons. The molecule has 0 amide bonds. The standard InChI is InChI=1S/C16H10FN3O3S2/c1-8-4-14(21)20-16(18-8)25-13(19-20)7-23-15(22)12-6-9-5-10(17)2-3-11(9)24-12/h2-6H,7H2,1H3. The molecule has 9 heteroatoms. The Bertz CT molecular complexity index is 1180. The van der Waals surface area contributed by atoms with E-state index in [0.717, 1.165) is 4.70 Å². The fourth-order valence-electron chi connectivity index (χ4n) is 2.33. The number of hydrogen-bond acceptors (Lipinski definition) is 7. The Hall–Kier alpha value is -2.65. The number of halogens is 1. The molecule has 6 nitrogen and oxygen atoms in total. The van der Waals surface area contributed by atoms with Gasteiger partial charge >= 0.3 is 5.97 Å². The van der Waals surface area contributed by atoms with Crippen molar-refractivity contribution in [3.05, 3.63) is 62.1 Å². The smallest absolute Gasteiger partial charge is 0.348 e. The minimum absolute atomic E-state index is 0.0616. The predicted molar refractivity (Wildman–Crippen MR) is 92.8 cm³/mol. The number of rotatable bonds is 3. The number of fused-ring (bicyclic) bond motifs is 2. The molecular formula is C16H10FN3O3S2. The quantitative estimate of drug-likeness (QED) is 0.514. The molecule has 0 N–H and O–H groups in total. The maximum atomic E-state index is 13.2. The van der Waals surface area contributed by atoms with E-state index >= 15 is 0 Å². The summed E-state index contributed by atoms with van der Waals surface area (Å²) in [6, 6.07) is 7.33. The van der Waals surface area contributed by atoms with Crippen LogP contribution < -0.4 is 5.56 Å². The molecule has 0 spiro atoms. The SMILES string of the molecule is Cc1cc(=O)n2nc(COC(=O)c3cc4cc(F)ccc4s3)sc2n1. The first-order valence-electron chi connectivity index (χ1n) is 7.22. The van der Waals surface area contributed by atoms with Crippen LogP contribution in [0.15, 0.2) is 35.1 Å². The summed E-state index contributed by atoms with van der Waals surface area (Å²) in [5.41, 5.74) is 0.331. The van der Waals surface area contributed by atoms with E-state index in [0.29, 0.717) is 25.9 Å². The second kappa shape index (κ2) is 6.01. The summed E-state index contributed by atoms with van der Waals surface area (Å²) in [5, 5.41) is 5.23. The third-order valence-electron chi connectivity index (χ3n) is 3.42. The molecule has 0 saturated carbocycles. The van der Waals surface area contributed by atoms with Crippen LogP contribution in [0.4, 0.5) is 4.39 Å². The van der Waals surface area contributed by atoms with Gasteiger partial charge in [0, 0.05) is 16.5 Å². The van der Waals surface area contributed by atoms with Crippen LogP contribution in [-0.2, 0) is 11.3 Å². The van der Waals surface area contributed by atoms with Gasteiger partial charge in [0.05, 0.1) is 0 Å². The number of hydrogen-bond donors (Lipinski definition) is 0. The number of nitrogens with zero attached hydrogens (tertiary/aromatic N) is 3. The van der Waals surface area contributed by atoms with E-state index < -0.39 is 5.97 Å². The Labute approximate surface area is 148 Å². The molecule has 126 valence electrons. The molecular weight excluding hydrogens is 365 g/mol. The minimum Gasteiger partial charge on any atom is -0.454 e. The van der Waals surface area contributed by atoms with Gasteiger partial charge in [0.2, 0.25) is 4.96 Å². The highest BCUT2D eigenvalue weighted by atomic mass is 32.1. The monoisotopic (exact) mass is 375 g/mol. The predicted octanol–water partition coefficient (Wildman–Crippen LogP) is 3.17. The molecule has 4 rings (SSSR count). The first kappa shape index (κ1) is 15.9. The Morgan fingerprint density at radius 3 is 2.96 bits per heavy atom. The van der Waals surface area contributed by atoms with Crippen LogP contribution in [0.25, 0.3) is 15.0 Å².